The molecule has 0 amide bonds. The van der Waals surface area contributed by atoms with Crippen LogP contribution >= 0.6 is 0 Å². The molecule has 0 spiro atoms. The van der Waals surface area contributed by atoms with Gasteiger partial charge in [0.2, 0.25) is 0 Å². The average Bonchev–Trinajstić information content (AvgIpc) is 2.19. The van der Waals surface area contributed by atoms with Gasteiger partial charge in [-0.3, -0.25) is 0 Å². The van der Waals surface area contributed by atoms with Gasteiger partial charge in [0, 0.05) is 0 Å². The fourth-order valence-electron chi connectivity index (χ4n) is 1.35. The van der Waals surface area contributed by atoms with Crippen LogP contribution in [0.15, 0.2) is 42.5 Å². The maximum absolute atomic E-state index is 10.2. The van der Waals surface area contributed by atoms with Gasteiger partial charge >= 0.3 is 75.7 Å². The summed E-state index contributed by atoms with van der Waals surface area (Å²) in [6.45, 7) is 0. The van der Waals surface area contributed by atoms with Crippen LogP contribution in [0.1, 0.15) is 0 Å². The zero-order valence-corrected chi connectivity index (χ0v) is 6.94. The maximum atomic E-state index is 10.2. The van der Waals surface area contributed by atoms with E-state index in [9.17, 15) is 4.70 Å². The van der Waals surface area contributed by atoms with Crippen molar-refractivity contribution in [1.29, 1.82) is 0 Å². The van der Waals surface area contributed by atoms with Gasteiger partial charge in [0.15, 0.2) is 0 Å². The summed E-state index contributed by atoms with van der Waals surface area (Å²) >= 11 is 0. The molecular formula is C10H7BO2. The second-order valence-corrected chi connectivity index (χ2v) is 2.69. The van der Waals surface area contributed by atoms with Gasteiger partial charge in [-0.05, 0) is 0 Å². The molecular weight excluding hydrogens is 163 g/mol. The molecule has 62 valence electrons. The fourth-order valence-corrected chi connectivity index (χ4v) is 1.35. The molecule has 0 N–H and O–H groups in total. The molecule has 13 heavy (non-hydrogen) atoms. The molecule has 0 bridgehead atoms. The molecule has 2 aromatic carbocycles. The van der Waals surface area contributed by atoms with Crippen LogP contribution in [0.2, 0.25) is 0 Å². The molecule has 0 heterocycles. The van der Waals surface area contributed by atoms with E-state index in [1.807, 2.05) is 36.4 Å². The molecule has 2 aromatic rings. The van der Waals surface area contributed by atoms with Crippen LogP contribution in [-0.4, -0.2) is 7.35 Å². The van der Waals surface area contributed by atoms with Crippen molar-refractivity contribution in [3.8, 4) is 5.75 Å². The third-order valence-corrected chi connectivity index (χ3v) is 1.92. The Balaban J connectivity index is 2.68. The molecule has 2 nitrogen and oxygen atoms in total. The molecule has 0 aliphatic rings. The summed E-state index contributed by atoms with van der Waals surface area (Å²) in [5.41, 5.74) is 0. The topological polar surface area (TPSA) is 26.3 Å². The van der Waals surface area contributed by atoms with E-state index in [1.165, 1.54) is 0 Å². The molecule has 0 unspecified atom stereocenters. The summed E-state index contributed by atoms with van der Waals surface area (Å²) in [7, 11) is 0.446. The minimum atomic E-state index is 0.446. The standard InChI is InChI=1S/C10H7BO2/c12-11-13-10-7-3-5-8-4-1-2-6-9(8)10/h1-7H. The van der Waals surface area contributed by atoms with Crippen LogP contribution in [0.5, 0.6) is 5.75 Å². The van der Waals surface area contributed by atoms with Crippen molar-refractivity contribution in [1.82, 2.24) is 0 Å². The van der Waals surface area contributed by atoms with Crippen LogP contribution in [0.3, 0.4) is 0 Å². The van der Waals surface area contributed by atoms with Gasteiger partial charge in [-0.2, -0.15) is 0 Å². The van der Waals surface area contributed by atoms with Gasteiger partial charge in [-0.25, -0.2) is 0 Å². The molecule has 0 aliphatic heterocycles. The summed E-state index contributed by atoms with van der Waals surface area (Å²) in [6, 6.07) is 13.4. The molecule has 0 fully saturated rings. The molecule has 0 aromatic heterocycles. The Morgan fingerprint density at radius 2 is 1.77 bits per heavy atom. The van der Waals surface area contributed by atoms with Crippen molar-refractivity contribution in [3.63, 3.8) is 0 Å². The number of hydrogen-bond donors (Lipinski definition) is 0. The second-order valence-electron chi connectivity index (χ2n) is 2.69. The summed E-state index contributed by atoms with van der Waals surface area (Å²) in [4.78, 5) is 0. The first-order valence-corrected chi connectivity index (χ1v) is 4.00. The fraction of sp³-hybridized carbons (Fsp3) is 0. The van der Waals surface area contributed by atoms with E-state index < -0.39 is 0 Å². The number of rotatable bonds is 2. The van der Waals surface area contributed by atoms with Gasteiger partial charge in [-0.15, -0.1) is 0 Å². The molecule has 2 rings (SSSR count). The monoisotopic (exact) mass is 170 g/mol. The van der Waals surface area contributed by atoms with Crippen molar-refractivity contribution >= 4 is 18.1 Å². The van der Waals surface area contributed by atoms with E-state index in [0.717, 1.165) is 10.8 Å². The van der Waals surface area contributed by atoms with E-state index in [1.54, 1.807) is 6.07 Å². The van der Waals surface area contributed by atoms with Crippen molar-refractivity contribution < 1.29 is 9.36 Å². The number of benzene rings is 2. The van der Waals surface area contributed by atoms with Crippen LogP contribution in [0, 0.1) is 0 Å². The van der Waals surface area contributed by atoms with Gasteiger partial charge in [-0.1, -0.05) is 0 Å². The Morgan fingerprint density at radius 1 is 1.00 bits per heavy atom. The molecule has 0 saturated heterocycles. The first kappa shape index (κ1) is 7.99. The second kappa shape index (κ2) is 3.39. The third kappa shape index (κ3) is 1.45. The normalized spacial score (nSPS) is 9.54. The zero-order chi connectivity index (χ0) is 9.10. The van der Waals surface area contributed by atoms with Gasteiger partial charge in [0.1, 0.15) is 0 Å². The Labute approximate surface area is 76.4 Å². The van der Waals surface area contributed by atoms with Crippen LogP contribution < -0.4 is 4.65 Å². The van der Waals surface area contributed by atoms with E-state index in [2.05, 4.69) is 0 Å². The molecule has 0 saturated carbocycles. The summed E-state index contributed by atoms with van der Waals surface area (Å²) in [5, 5.41) is 2.03. The minimum absolute atomic E-state index is 0.446. The summed E-state index contributed by atoms with van der Waals surface area (Å²) in [6.07, 6.45) is 0. The Bertz CT molecular complexity index is 434. The van der Waals surface area contributed by atoms with Crippen LogP contribution in [0.25, 0.3) is 10.8 Å². The first-order valence-electron chi connectivity index (χ1n) is 4.00. The van der Waals surface area contributed by atoms with Crippen molar-refractivity contribution in [2.75, 3.05) is 0 Å². The molecule has 0 atom stereocenters. The van der Waals surface area contributed by atoms with Gasteiger partial charge in [0.05, 0.1) is 0 Å². The number of fused-ring (bicyclic) bond motifs is 1. The Morgan fingerprint density at radius 3 is 2.62 bits per heavy atom. The van der Waals surface area contributed by atoms with Gasteiger partial charge in [0.25, 0.3) is 0 Å². The van der Waals surface area contributed by atoms with Crippen molar-refractivity contribution in [2.45, 2.75) is 0 Å². The average molecular weight is 170 g/mol. The molecule has 0 radical (unpaired) electrons. The van der Waals surface area contributed by atoms with Crippen molar-refractivity contribution in [2.24, 2.45) is 0 Å². The predicted octanol–water partition coefficient (Wildman–Crippen LogP) is 2.18. The first-order chi connectivity index (χ1) is 6.42. The van der Waals surface area contributed by atoms with E-state index in [0.29, 0.717) is 13.1 Å². The quantitative estimate of drug-likeness (QED) is 0.645. The third-order valence-electron chi connectivity index (χ3n) is 1.92. The summed E-state index contributed by atoms with van der Waals surface area (Å²) < 4.78 is 15.0. The van der Waals surface area contributed by atoms with Gasteiger partial charge < -0.3 is 0 Å². The Kier molecular flexibility index (Phi) is 2.09. The molecule has 0 aliphatic carbocycles. The van der Waals surface area contributed by atoms with Crippen LogP contribution in [0.4, 0.5) is 0 Å². The van der Waals surface area contributed by atoms with E-state index >= 15 is 0 Å². The predicted molar refractivity (Wildman–Crippen MR) is 51.0 cm³/mol. The Hall–Kier alpha value is -1.64. The van der Waals surface area contributed by atoms with E-state index in [-0.39, 0.29) is 0 Å². The SMILES string of the molecule is O=BOc1cccc2ccccc12. The zero-order valence-electron chi connectivity index (χ0n) is 6.94. The van der Waals surface area contributed by atoms with Crippen LogP contribution in [-0.2, 0) is 4.70 Å². The molecule has 3 heteroatoms. The van der Waals surface area contributed by atoms with Crippen molar-refractivity contribution in [3.05, 3.63) is 42.5 Å². The van der Waals surface area contributed by atoms with E-state index in [4.69, 9.17) is 4.65 Å². The number of hydrogen-bond acceptors (Lipinski definition) is 2. The summed E-state index contributed by atoms with van der Waals surface area (Å²) in [5.74, 6) is 0.605.